The number of dihydropyridines is 1. The number of aliphatic imine (C=N–C) groups is 2. The Labute approximate surface area is 156 Å². The van der Waals surface area contributed by atoms with Crippen LogP contribution in [0.1, 0.15) is 22.6 Å². The van der Waals surface area contributed by atoms with E-state index in [-0.39, 0.29) is 23.6 Å². The lowest BCUT2D eigenvalue weighted by molar-refractivity contribution is -0.129. The quantitative estimate of drug-likeness (QED) is 0.912. The summed E-state index contributed by atoms with van der Waals surface area (Å²) < 4.78 is 13.6. The van der Waals surface area contributed by atoms with Crippen LogP contribution in [0.5, 0.6) is 0 Å². The Morgan fingerprint density at radius 2 is 1.89 bits per heavy atom. The standard InChI is InChI=1S/C21H19FN4O/c1-26-19(27)21(25-20(26)23,16-7-3-2-4-8-16)17-9-5-6-14(10-17)15-11-18(22)13-24-12-15/h2-11,13,15H,12H2,1H3,(H2,23,25). The van der Waals surface area contributed by atoms with Crippen molar-refractivity contribution in [1.82, 2.24) is 4.90 Å². The molecule has 0 saturated heterocycles. The number of carbonyl (C=O) groups excluding carboxylic acids is 1. The van der Waals surface area contributed by atoms with Gasteiger partial charge in [-0.15, -0.1) is 0 Å². The Hall–Kier alpha value is -3.28. The molecule has 0 bridgehead atoms. The fourth-order valence-electron chi connectivity index (χ4n) is 3.60. The number of hydrogen-bond donors (Lipinski definition) is 1. The monoisotopic (exact) mass is 362 g/mol. The molecule has 2 heterocycles. The van der Waals surface area contributed by atoms with Crippen LogP contribution in [0.25, 0.3) is 0 Å². The van der Waals surface area contributed by atoms with Gasteiger partial charge < -0.3 is 5.73 Å². The van der Waals surface area contributed by atoms with Crippen LogP contribution in [0, 0.1) is 0 Å². The number of amides is 1. The summed E-state index contributed by atoms with van der Waals surface area (Å²) in [5.74, 6) is -0.582. The third-order valence-corrected chi connectivity index (χ3v) is 5.04. The molecule has 4 rings (SSSR count). The number of nitrogens with two attached hydrogens (primary N) is 1. The lowest BCUT2D eigenvalue weighted by Crippen LogP contribution is -2.41. The third kappa shape index (κ3) is 2.73. The smallest absolute Gasteiger partial charge is 0.266 e. The Morgan fingerprint density at radius 1 is 1.15 bits per heavy atom. The maximum absolute atomic E-state index is 13.6. The zero-order valence-corrected chi connectivity index (χ0v) is 14.8. The Balaban J connectivity index is 1.87. The summed E-state index contributed by atoms with van der Waals surface area (Å²) in [6.07, 6.45) is 2.77. The number of halogens is 1. The van der Waals surface area contributed by atoms with Gasteiger partial charge >= 0.3 is 0 Å². The maximum Gasteiger partial charge on any atom is 0.266 e. The molecule has 2 atom stereocenters. The van der Waals surface area contributed by atoms with Crippen LogP contribution in [0.15, 0.2) is 76.5 Å². The van der Waals surface area contributed by atoms with E-state index in [1.807, 2.05) is 54.6 Å². The van der Waals surface area contributed by atoms with Gasteiger partial charge in [-0.25, -0.2) is 9.38 Å². The van der Waals surface area contributed by atoms with Gasteiger partial charge in [0, 0.05) is 19.5 Å². The van der Waals surface area contributed by atoms with Crippen molar-refractivity contribution in [2.75, 3.05) is 13.6 Å². The number of benzene rings is 2. The molecule has 0 fully saturated rings. The maximum atomic E-state index is 13.6. The molecular weight excluding hydrogens is 343 g/mol. The predicted molar refractivity (Wildman–Crippen MR) is 103 cm³/mol. The highest BCUT2D eigenvalue weighted by Crippen LogP contribution is 2.40. The summed E-state index contributed by atoms with van der Waals surface area (Å²) in [6.45, 7) is 0.467. The van der Waals surface area contributed by atoms with Crippen LogP contribution in [-0.4, -0.2) is 36.6 Å². The van der Waals surface area contributed by atoms with Crippen LogP contribution in [0.2, 0.25) is 0 Å². The minimum absolute atomic E-state index is 0.169. The number of likely N-dealkylation sites (N-methyl/N-ethyl adjacent to an activating group) is 1. The Kier molecular flexibility index (Phi) is 4.11. The molecule has 0 radical (unpaired) electrons. The number of hydrogen-bond acceptors (Lipinski definition) is 4. The predicted octanol–water partition coefficient (Wildman–Crippen LogP) is 2.74. The Morgan fingerprint density at radius 3 is 2.56 bits per heavy atom. The molecule has 0 saturated carbocycles. The van der Waals surface area contributed by atoms with Gasteiger partial charge in [-0.3, -0.25) is 14.7 Å². The van der Waals surface area contributed by atoms with Crippen molar-refractivity contribution < 1.29 is 9.18 Å². The molecule has 2 unspecified atom stereocenters. The number of nitrogens with zero attached hydrogens (tertiary/aromatic N) is 3. The highest BCUT2D eigenvalue weighted by atomic mass is 19.1. The van der Waals surface area contributed by atoms with Crippen molar-refractivity contribution in [1.29, 1.82) is 0 Å². The summed E-state index contributed by atoms with van der Waals surface area (Å²) in [4.78, 5) is 23.2. The second-order valence-electron chi connectivity index (χ2n) is 6.69. The number of rotatable bonds is 3. The minimum Gasteiger partial charge on any atom is -0.369 e. The largest absolute Gasteiger partial charge is 0.369 e. The van der Waals surface area contributed by atoms with Crippen LogP contribution >= 0.6 is 0 Å². The molecule has 5 nitrogen and oxygen atoms in total. The minimum atomic E-state index is -1.24. The van der Waals surface area contributed by atoms with Gasteiger partial charge in [0.25, 0.3) is 5.91 Å². The molecule has 2 aromatic carbocycles. The van der Waals surface area contributed by atoms with E-state index in [1.54, 1.807) is 13.1 Å². The van der Waals surface area contributed by atoms with Gasteiger partial charge in [0.1, 0.15) is 5.83 Å². The van der Waals surface area contributed by atoms with E-state index < -0.39 is 5.54 Å². The number of guanidine groups is 1. The lowest BCUT2D eigenvalue weighted by Gasteiger charge is -2.27. The van der Waals surface area contributed by atoms with Crippen molar-refractivity contribution in [3.8, 4) is 0 Å². The zero-order valence-electron chi connectivity index (χ0n) is 14.8. The highest BCUT2D eigenvalue weighted by Gasteiger charge is 2.49. The van der Waals surface area contributed by atoms with Crippen molar-refractivity contribution in [2.24, 2.45) is 15.7 Å². The molecule has 2 aliphatic heterocycles. The first kappa shape index (κ1) is 17.1. The fourth-order valence-corrected chi connectivity index (χ4v) is 3.60. The van der Waals surface area contributed by atoms with E-state index >= 15 is 0 Å². The van der Waals surface area contributed by atoms with E-state index in [1.165, 1.54) is 11.1 Å². The van der Waals surface area contributed by atoms with Crippen molar-refractivity contribution in [3.05, 3.63) is 83.2 Å². The third-order valence-electron chi connectivity index (χ3n) is 5.04. The number of allylic oxidation sites excluding steroid dienone is 1. The second kappa shape index (κ2) is 6.46. The number of carbonyl (C=O) groups is 1. The summed E-state index contributed by atoms with van der Waals surface area (Å²) >= 11 is 0. The van der Waals surface area contributed by atoms with Crippen LogP contribution in [0.3, 0.4) is 0 Å². The molecule has 2 N–H and O–H groups in total. The van der Waals surface area contributed by atoms with Gasteiger partial charge in [-0.2, -0.15) is 0 Å². The van der Waals surface area contributed by atoms with Crippen LogP contribution < -0.4 is 5.73 Å². The van der Waals surface area contributed by atoms with Crippen molar-refractivity contribution >= 4 is 18.1 Å². The van der Waals surface area contributed by atoms with E-state index in [9.17, 15) is 9.18 Å². The van der Waals surface area contributed by atoms with Crippen molar-refractivity contribution in [3.63, 3.8) is 0 Å². The average Bonchev–Trinajstić information content (AvgIpc) is 2.94. The first-order valence-electron chi connectivity index (χ1n) is 8.69. The van der Waals surface area contributed by atoms with Gasteiger partial charge in [0.15, 0.2) is 11.5 Å². The molecular formula is C21H19FN4O. The van der Waals surface area contributed by atoms with Gasteiger partial charge in [0.2, 0.25) is 0 Å². The zero-order chi connectivity index (χ0) is 19.0. The molecule has 6 heteroatoms. The SMILES string of the molecule is CN1C(=O)C(c2ccccc2)(c2cccc(C3C=C(F)C=NC3)c2)N=C1N. The first-order chi connectivity index (χ1) is 13.0. The first-order valence-corrected chi connectivity index (χ1v) is 8.69. The molecule has 0 spiro atoms. The summed E-state index contributed by atoms with van der Waals surface area (Å²) in [5.41, 5.74) is 7.08. The normalized spacial score (nSPS) is 24.7. The Bertz CT molecular complexity index is 983. The molecule has 2 aliphatic rings. The molecule has 2 aromatic rings. The van der Waals surface area contributed by atoms with Crippen LogP contribution in [0.4, 0.5) is 4.39 Å². The van der Waals surface area contributed by atoms with E-state index in [0.717, 1.165) is 11.1 Å². The van der Waals surface area contributed by atoms with E-state index in [0.29, 0.717) is 12.1 Å². The molecule has 27 heavy (non-hydrogen) atoms. The van der Waals surface area contributed by atoms with E-state index in [2.05, 4.69) is 9.98 Å². The lowest BCUT2D eigenvalue weighted by atomic mass is 9.81. The fraction of sp³-hybridized carbons (Fsp3) is 0.190. The van der Waals surface area contributed by atoms with Gasteiger partial charge in [0.05, 0.1) is 6.21 Å². The summed E-state index contributed by atoms with van der Waals surface area (Å²) in [5, 5.41) is 0. The molecule has 1 amide bonds. The van der Waals surface area contributed by atoms with Gasteiger partial charge in [-0.05, 0) is 22.8 Å². The highest BCUT2D eigenvalue weighted by molar-refractivity contribution is 6.08. The molecule has 0 aromatic heterocycles. The van der Waals surface area contributed by atoms with Gasteiger partial charge in [-0.1, -0.05) is 54.6 Å². The summed E-state index contributed by atoms with van der Waals surface area (Å²) in [7, 11) is 1.61. The van der Waals surface area contributed by atoms with Crippen LogP contribution in [-0.2, 0) is 10.3 Å². The molecule has 0 aliphatic carbocycles. The van der Waals surface area contributed by atoms with Crippen molar-refractivity contribution in [2.45, 2.75) is 11.5 Å². The van der Waals surface area contributed by atoms with E-state index in [4.69, 9.17) is 5.73 Å². The average molecular weight is 362 g/mol. The molecule has 136 valence electrons. The second-order valence-corrected chi connectivity index (χ2v) is 6.69. The topological polar surface area (TPSA) is 71.0 Å². The summed E-state index contributed by atoms with van der Waals surface area (Å²) in [6, 6.07) is 16.9.